The van der Waals surface area contributed by atoms with Crippen LogP contribution >= 0.6 is 0 Å². The maximum Gasteiger partial charge on any atom is 0.119 e. The lowest BCUT2D eigenvalue weighted by Crippen LogP contribution is -2.44. The Balaban J connectivity index is 2.14. The molecule has 0 spiro atoms. The third-order valence-corrected chi connectivity index (χ3v) is 4.20. The second kappa shape index (κ2) is 5.41. The van der Waals surface area contributed by atoms with Gasteiger partial charge in [0.1, 0.15) is 5.75 Å². The van der Waals surface area contributed by atoms with Crippen LogP contribution in [0.2, 0.25) is 0 Å². The van der Waals surface area contributed by atoms with E-state index in [1.54, 1.807) is 0 Å². The molecule has 1 unspecified atom stereocenters. The van der Waals surface area contributed by atoms with E-state index in [-0.39, 0.29) is 11.6 Å². The fraction of sp³-hybridized carbons (Fsp3) is 0.625. The molecule has 1 atom stereocenters. The second-order valence-electron chi connectivity index (χ2n) is 6.19. The highest BCUT2D eigenvalue weighted by Crippen LogP contribution is 2.38. The van der Waals surface area contributed by atoms with Gasteiger partial charge in [-0.05, 0) is 70.8 Å². The summed E-state index contributed by atoms with van der Waals surface area (Å²) in [7, 11) is 0. The Labute approximate surface area is 116 Å². The van der Waals surface area contributed by atoms with Crippen molar-refractivity contribution < 1.29 is 4.74 Å². The Hall–Kier alpha value is -1.22. The van der Waals surface area contributed by atoms with Gasteiger partial charge in [0.2, 0.25) is 0 Å². The minimum atomic E-state index is 0.134. The predicted octanol–water partition coefficient (Wildman–Crippen LogP) is 3.04. The largest absolute Gasteiger partial charge is 0.491 e. The zero-order chi connectivity index (χ0) is 14.0. The molecule has 0 radical (unpaired) electrons. The van der Waals surface area contributed by atoms with Crippen molar-refractivity contribution in [1.82, 2.24) is 0 Å². The number of anilines is 1. The summed E-state index contributed by atoms with van der Waals surface area (Å²) in [6.07, 6.45) is 1.39. The van der Waals surface area contributed by atoms with Crippen LogP contribution in [0.5, 0.6) is 5.75 Å². The second-order valence-corrected chi connectivity index (χ2v) is 6.19. The van der Waals surface area contributed by atoms with Gasteiger partial charge in [0, 0.05) is 17.8 Å². The van der Waals surface area contributed by atoms with Gasteiger partial charge in [-0.15, -0.1) is 0 Å². The number of nitrogens with two attached hydrogens (primary N) is 1. The van der Waals surface area contributed by atoms with Crippen LogP contribution in [0.25, 0.3) is 0 Å². The molecule has 1 aliphatic rings. The zero-order valence-electron chi connectivity index (χ0n) is 12.5. The van der Waals surface area contributed by atoms with Crippen molar-refractivity contribution in [2.24, 2.45) is 11.7 Å². The highest BCUT2D eigenvalue weighted by Gasteiger charge is 2.40. The van der Waals surface area contributed by atoms with Gasteiger partial charge in [0.15, 0.2) is 0 Å². The molecule has 0 saturated carbocycles. The van der Waals surface area contributed by atoms with Gasteiger partial charge in [-0.3, -0.25) is 0 Å². The van der Waals surface area contributed by atoms with E-state index in [4.69, 9.17) is 10.5 Å². The Morgan fingerprint density at radius 2 is 1.95 bits per heavy atom. The maximum atomic E-state index is 5.88. The Morgan fingerprint density at radius 1 is 1.32 bits per heavy atom. The van der Waals surface area contributed by atoms with E-state index in [0.717, 1.165) is 18.8 Å². The minimum absolute atomic E-state index is 0.134. The smallest absolute Gasteiger partial charge is 0.119 e. The van der Waals surface area contributed by atoms with Crippen molar-refractivity contribution in [2.75, 3.05) is 18.0 Å². The topological polar surface area (TPSA) is 38.5 Å². The monoisotopic (exact) mass is 262 g/mol. The number of hydrogen-bond acceptors (Lipinski definition) is 3. The number of ether oxygens (including phenoxy) is 1. The number of benzene rings is 1. The highest BCUT2D eigenvalue weighted by atomic mass is 16.5. The molecule has 106 valence electrons. The Kier molecular flexibility index (Phi) is 4.04. The van der Waals surface area contributed by atoms with Crippen molar-refractivity contribution in [1.29, 1.82) is 0 Å². The van der Waals surface area contributed by atoms with E-state index in [2.05, 4.69) is 43.0 Å². The van der Waals surface area contributed by atoms with Crippen molar-refractivity contribution in [3.05, 3.63) is 24.3 Å². The van der Waals surface area contributed by atoms with E-state index >= 15 is 0 Å². The summed E-state index contributed by atoms with van der Waals surface area (Å²) in [5, 5.41) is 0. The molecule has 19 heavy (non-hydrogen) atoms. The van der Waals surface area contributed by atoms with Gasteiger partial charge in [-0.2, -0.15) is 0 Å². The standard InChI is InChI=1S/C16H26N2O/c1-12(2)19-15-7-5-14(6-8-15)18-10-9-13(11-17)16(18,3)4/h5-8,12-13H,9-11,17H2,1-4H3. The van der Waals surface area contributed by atoms with Crippen molar-refractivity contribution in [3.8, 4) is 5.75 Å². The van der Waals surface area contributed by atoms with Gasteiger partial charge < -0.3 is 15.4 Å². The zero-order valence-corrected chi connectivity index (χ0v) is 12.5. The molecule has 1 heterocycles. The van der Waals surface area contributed by atoms with E-state index in [0.29, 0.717) is 5.92 Å². The van der Waals surface area contributed by atoms with Gasteiger partial charge in [-0.1, -0.05) is 0 Å². The van der Waals surface area contributed by atoms with Crippen molar-refractivity contribution in [3.63, 3.8) is 0 Å². The molecule has 3 heteroatoms. The SMILES string of the molecule is CC(C)Oc1ccc(N2CCC(CN)C2(C)C)cc1. The molecule has 1 aromatic rings. The van der Waals surface area contributed by atoms with E-state index in [1.165, 1.54) is 12.1 Å². The summed E-state index contributed by atoms with van der Waals surface area (Å²) < 4.78 is 5.69. The summed E-state index contributed by atoms with van der Waals surface area (Å²) in [4.78, 5) is 2.46. The molecule has 2 rings (SSSR count). The molecule has 0 amide bonds. The predicted molar refractivity (Wildman–Crippen MR) is 80.8 cm³/mol. The molecule has 1 fully saturated rings. The summed E-state index contributed by atoms with van der Waals surface area (Å²) in [6, 6.07) is 8.42. The van der Waals surface area contributed by atoms with Gasteiger partial charge in [0.05, 0.1) is 6.10 Å². The molecule has 1 aromatic carbocycles. The first-order valence-corrected chi connectivity index (χ1v) is 7.19. The molecule has 1 saturated heterocycles. The third-order valence-electron chi connectivity index (χ3n) is 4.20. The number of nitrogens with zero attached hydrogens (tertiary/aromatic N) is 1. The van der Waals surface area contributed by atoms with Crippen LogP contribution in [0.4, 0.5) is 5.69 Å². The summed E-state index contributed by atoms with van der Waals surface area (Å²) in [5.41, 5.74) is 7.28. The van der Waals surface area contributed by atoms with Crippen LogP contribution in [0.15, 0.2) is 24.3 Å². The first kappa shape index (κ1) is 14.2. The van der Waals surface area contributed by atoms with Crippen LogP contribution in [0.3, 0.4) is 0 Å². The number of hydrogen-bond donors (Lipinski definition) is 1. The van der Waals surface area contributed by atoms with E-state index in [9.17, 15) is 0 Å². The van der Waals surface area contributed by atoms with Crippen molar-refractivity contribution >= 4 is 5.69 Å². The van der Waals surface area contributed by atoms with Gasteiger partial charge >= 0.3 is 0 Å². The lowest BCUT2D eigenvalue weighted by molar-refractivity contribution is 0.242. The number of rotatable bonds is 4. The molecular weight excluding hydrogens is 236 g/mol. The lowest BCUT2D eigenvalue weighted by Gasteiger charge is -2.37. The lowest BCUT2D eigenvalue weighted by atomic mass is 9.88. The van der Waals surface area contributed by atoms with Crippen LogP contribution in [-0.4, -0.2) is 24.7 Å². The quantitative estimate of drug-likeness (QED) is 0.906. The summed E-state index contributed by atoms with van der Waals surface area (Å²) in [5.74, 6) is 1.50. The van der Waals surface area contributed by atoms with E-state index < -0.39 is 0 Å². The maximum absolute atomic E-state index is 5.88. The summed E-state index contributed by atoms with van der Waals surface area (Å²) in [6.45, 7) is 10.5. The Morgan fingerprint density at radius 3 is 2.42 bits per heavy atom. The van der Waals surface area contributed by atoms with Gasteiger partial charge in [-0.25, -0.2) is 0 Å². The highest BCUT2D eigenvalue weighted by molar-refractivity contribution is 5.52. The molecular formula is C16H26N2O. The van der Waals surface area contributed by atoms with Crippen LogP contribution in [0.1, 0.15) is 34.1 Å². The minimum Gasteiger partial charge on any atom is -0.491 e. The average molecular weight is 262 g/mol. The molecule has 0 bridgehead atoms. The third kappa shape index (κ3) is 2.86. The van der Waals surface area contributed by atoms with E-state index in [1.807, 2.05) is 13.8 Å². The average Bonchev–Trinajstić information content (AvgIpc) is 2.64. The Bertz CT molecular complexity index is 411. The molecule has 3 nitrogen and oxygen atoms in total. The van der Waals surface area contributed by atoms with Crippen LogP contribution in [-0.2, 0) is 0 Å². The first-order valence-electron chi connectivity index (χ1n) is 7.19. The first-order chi connectivity index (χ1) is 8.95. The molecule has 1 aliphatic heterocycles. The molecule has 2 N–H and O–H groups in total. The van der Waals surface area contributed by atoms with Crippen molar-refractivity contribution in [2.45, 2.75) is 45.8 Å². The normalized spacial score (nSPS) is 22.0. The molecule has 0 aliphatic carbocycles. The summed E-state index contributed by atoms with van der Waals surface area (Å²) >= 11 is 0. The van der Waals surface area contributed by atoms with Crippen LogP contribution < -0.4 is 15.4 Å². The fourth-order valence-corrected chi connectivity index (χ4v) is 2.99. The van der Waals surface area contributed by atoms with Crippen LogP contribution in [0, 0.1) is 5.92 Å². The van der Waals surface area contributed by atoms with Gasteiger partial charge in [0.25, 0.3) is 0 Å². The fourth-order valence-electron chi connectivity index (χ4n) is 2.99. The molecule has 0 aromatic heterocycles.